The molecule has 1 saturated heterocycles. The van der Waals surface area contributed by atoms with E-state index in [-0.39, 0.29) is 23.8 Å². The quantitative estimate of drug-likeness (QED) is 0.150. The zero-order valence-corrected chi connectivity index (χ0v) is 29.3. The number of methoxy groups -OCH3 is 1. The summed E-state index contributed by atoms with van der Waals surface area (Å²) < 4.78 is 13.1. The van der Waals surface area contributed by atoms with Crippen molar-refractivity contribution in [1.29, 1.82) is 0 Å². The fraction of sp³-hybridized carbons (Fsp3) is 0.421. The lowest BCUT2D eigenvalue weighted by Gasteiger charge is -2.34. The molecule has 1 aromatic heterocycles. The van der Waals surface area contributed by atoms with Crippen LogP contribution < -0.4 is 5.32 Å². The number of halogens is 1. The van der Waals surface area contributed by atoms with Crippen LogP contribution in [0.1, 0.15) is 74.1 Å². The third kappa shape index (κ3) is 9.39. The molecule has 3 aromatic carbocycles. The van der Waals surface area contributed by atoms with Gasteiger partial charge < -0.3 is 29.4 Å². The number of aromatic nitrogens is 2. The summed E-state index contributed by atoms with van der Waals surface area (Å²) in [5.74, 6) is 0.0133. The van der Waals surface area contributed by atoms with Gasteiger partial charge in [-0.25, -0.2) is 14.6 Å². The Labute approximate surface area is 292 Å². The molecular formula is C38H45ClN4O6. The monoisotopic (exact) mass is 688 g/mol. The summed E-state index contributed by atoms with van der Waals surface area (Å²) in [6, 6.07) is 19.9. The average Bonchev–Trinajstić information content (AvgIpc) is 3.43. The van der Waals surface area contributed by atoms with Crippen molar-refractivity contribution in [3.63, 3.8) is 0 Å². The molecule has 2 unspecified atom stereocenters. The highest BCUT2D eigenvalue weighted by Crippen LogP contribution is 2.31. The van der Waals surface area contributed by atoms with E-state index in [4.69, 9.17) is 26.1 Å². The number of alkyl carbamates (subject to hydrolysis) is 1. The summed E-state index contributed by atoms with van der Waals surface area (Å²) in [7, 11) is 1.71. The number of fused-ring (bicyclic) bond motifs is 1. The maximum atomic E-state index is 13.9. The Kier molecular flexibility index (Phi) is 11.6. The van der Waals surface area contributed by atoms with Crippen molar-refractivity contribution >= 4 is 40.6 Å². The highest BCUT2D eigenvalue weighted by Gasteiger charge is 2.30. The van der Waals surface area contributed by atoms with Gasteiger partial charge in [-0.15, -0.1) is 0 Å². The Hall–Kier alpha value is -4.41. The van der Waals surface area contributed by atoms with Crippen molar-refractivity contribution in [2.75, 3.05) is 26.8 Å². The number of carbonyl (C=O) groups excluding carboxylic acids is 2. The fourth-order valence-electron chi connectivity index (χ4n) is 6.40. The third-order valence-electron chi connectivity index (χ3n) is 8.66. The van der Waals surface area contributed by atoms with Gasteiger partial charge in [-0.3, -0.25) is 4.79 Å². The summed E-state index contributed by atoms with van der Waals surface area (Å²) in [5, 5.41) is 12.6. The van der Waals surface area contributed by atoms with Gasteiger partial charge in [0.1, 0.15) is 11.4 Å². The van der Waals surface area contributed by atoms with Crippen LogP contribution in [0.15, 0.2) is 66.7 Å². The molecule has 260 valence electrons. The number of carboxylic acid groups (broad SMARTS) is 1. The lowest BCUT2D eigenvalue weighted by atomic mass is 9.95. The second kappa shape index (κ2) is 15.9. The van der Waals surface area contributed by atoms with Crippen molar-refractivity contribution in [1.82, 2.24) is 19.8 Å². The molecule has 1 fully saturated rings. The average molecular weight is 689 g/mol. The minimum atomic E-state index is -1.04. The summed E-state index contributed by atoms with van der Waals surface area (Å²) in [5.41, 5.74) is 3.92. The number of aryl methyl sites for hydroxylation is 1. The van der Waals surface area contributed by atoms with E-state index in [0.29, 0.717) is 36.7 Å². The SMILES string of the molecule is COCCCn1c(C2CCCN(C(=O)CC(Cc3ccc(-c4ccc(C(=O)O)cc4Cl)cc3)NC(=O)OC(C)(C)C)C2)nc2ccccc21. The number of amides is 2. The molecule has 10 nitrogen and oxygen atoms in total. The number of carboxylic acids is 1. The Bertz CT molecular complexity index is 1780. The number of carbonyl (C=O) groups is 3. The molecule has 0 aliphatic carbocycles. The highest BCUT2D eigenvalue weighted by atomic mass is 35.5. The standard InChI is InChI=1S/C38H45ClN4O6/c1-38(2,3)49-37(47)40-29(21-25-12-14-26(15-13-25)30-17-16-27(36(45)46)22-31(30)39)23-34(44)42-18-7-9-28(24-42)35-41-32-10-5-6-11-33(32)43(35)19-8-20-48-4/h5-6,10-17,22,28-29H,7-9,18-21,23-24H2,1-4H3,(H,40,47)(H,45,46). The second-order valence-electron chi connectivity index (χ2n) is 13.6. The molecule has 5 rings (SSSR count). The summed E-state index contributed by atoms with van der Waals surface area (Å²) in [6.07, 6.45) is 2.60. The van der Waals surface area contributed by atoms with E-state index in [1.807, 2.05) is 47.4 Å². The van der Waals surface area contributed by atoms with E-state index in [1.165, 1.54) is 12.1 Å². The number of ether oxygens (including phenoxy) is 2. The summed E-state index contributed by atoms with van der Waals surface area (Å²) >= 11 is 6.40. The van der Waals surface area contributed by atoms with E-state index in [0.717, 1.165) is 53.8 Å². The number of imidazole rings is 1. The minimum Gasteiger partial charge on any atom is -0.478 e. The molecule has 2 heterocycles. The molecule has 1 aliphatic heterocycles. The zero-order valence-electron chi connectivity index (χ0n) is 28.6. The Morgan fingerprint density at radius 2 is 1.84 bits per heavy atom. The molecule has 1 aliphatic rings. The van der Waals surface area contributed by atoms with Gasteiger partial charge in [0.25, 0.3) is 0 Å². The molecule has 2 atom stereocenters. The smallest absolute Gasteiger partial charge is 0.407 e. The first kappa shape index (κ1) is 35.9. The number of nitrogens with one attached hydrogen (secondary N) is 1. The number of rotatable bonds is 12. The number of para-hydroxylation sites is 2. The number of aromatic carboxylic acids is 1. The second-order valence-corrected chi connectivity index (χ2v) is 14.0. The lowest BCUT2D eigenvalue weighted by molar-refractivity contribution is -0.133. The first-order valence-corrected chi connectivity index (χ1v) is 17.1. The van der Waals surface area contributed by atoms with Crippen LogP contribution in [-0.4, -0.2) is 76.0 Å². The number of nitrogens with zero attached hydrogens (tertiary/aromatic N) is 3. The third-order valence-corrected chi connectivity index (χ3v) is 8.97. The maximum absolute atomic E-state index is 13.9. The number of benzene rings is 3. The zero-order chi connectivity index (χ0) is 35.1. The molecule has 0 spiro atoms. The largest absolute Gasteiger partial charge is 0.478 e. The highest BCUT2D eigenvalue weighted by molar-refractivity contribution is 6.33. The molecule has 0 radical (unpaired) electrons. The maximum Gasteiger partial charge on any atom is 0.407 e. The Balaban J connectivity index is 1.31. The van der Waals surface area contributed by atoms with Gasteiger partial charge in [-0.1, -0.05) is 54.1 Å². The lowest BCUT2D eigenvalue weighted by Crippen LogP contribution is -2.46. The van der Waals surface area contributed by atoms with E-state index in [9.17, 15) is 19.5 Å². The van der Waals surface area contributed by atoms with Crippen LogP contribution in [0, 0.1) is 0 Å². The van der Waals surface area contributed by atoms with Crippen LogP contribution >= 0.6 is 11.6 Å². The first-order valence-electron chi connectivity index (χ1n) is 16.8. The molecule has 4 aromatic rings. The number of piperidine rings is 1. The minimum absolute atomic E-state index is 0.0327. The molecule has 2 N–H and O–H groups in total. The van der Waals surface area contributed by atoms with Crippen molar-refractivity contribution < 1.29 is 29.0 Å². The van der Waals surface area contributed by atoms with Gasteiger partial charge in [-0.05, 0) is 81.8 Å². The molecule has 0 bridgehead atoms. The van der Waals surface area contributed by atoms with E-state index in [1.54, 1.807) is 33.9 Å². The summed E-state index contributed by atoms with van der Waals surface area (Å²) in [6.45, 7) is 8.05. The number of likely N-dealkylation sites (tertiary alicyclic amines) is 1. The Morgan fingerprint density at radius 3 is 2.53 bits per heavy atom. The number of hydrogen-bond acceptors (Lipinski definition) is 6. The van der Waals surface area contributed by atoms with E-state index >= 15 is 0 Å². The number of hydrogen-bond donors (Lipinski definition) is 2. The van der Waals surface area contributed by atoms with E-state index in [2.05, 4.69) is 16.0 Å². The van der Waals surface area contributed by atoms with Crippen LogP contribution in [-0.2, 0) is 27.2 Å². The Morgan fingerprint density at radius 1 is 1.08 bits per heavy atom. The molecule has 2 amide bonds. The molecule has 11 heteroatoms. The molecule has 0 saturated carbocycles. The van der Waals surface area contributed by atoms with E-state index < -0.39 is 23.7 Å². The van der Waals surface area contributed by atoms with Crippen molar-refractivity contribution in [3.8, 4) is 11.1 Å². The van der Waals surface area contributed by atoms with Gasteiger partial charge in [0.15, 0.2) is 0 Å². The van der Waals surface area contributed by atoms with Crippen molar-refractivity contribution in [2.24, 2.45) is 0 Å². The molecule has 49 heavy (non-hydrogen) atoms. The van der Waals surface area contributed by atoms with Gasteiger partial charge in [0.05, 0.1) is 16.6 Å². The predicted octanol–water partition coefficient (Wildman–Crippen LogP) is 7.32. The predicted molar refractivity (Wildman–Crippen MR) is 190 cm³/mol. The van der Waals surface area contributed by atoms with Crippen LogP contribution in [0.5, 0.6) is 0 Å². The van der Waals surface area contributed by atoms with Crippen LogP contribution in [0.2, 0.25) is 5.02 Å². The first-order chi connectivity index (χ1) is 23.4. The van der Waals surface area contributed by atoms with Crippen LogP contribution in [0.4, 0.5) is 4.79 Å². The van der Waals surface area contributed by atoms with Gasteiger partial charge in [0, 0.05) is 62.3 Å². The van der Waals surface area contributed by atoms with Gasteiger partial charge >= 0.3 is 12.1 Å². The summed E-state index contributed by atoms with van der Waals surface area (Å²) in [4.78, 5) is 45.0. The normalized spacial score (nSPS) is 15.6. The molecular weight excluding hydrogens is 644 g/mol. The van der Waals surface area contributed by atoms with Gasteiger partial charge in [-0.2, -0.15) is 0 Å². The van der Waals surface area contributed by atoms with Crippen LogP contribution in [0.25, 0.3) is 22.2 Å². The topological polar surface area (TPSA) is 123 Å². The van der Waals surface area contributed by atoms with Crippen molar-refractivity contribution in [2.45, 2.75) is 77.0 Å². The van der Waals surface area contributed by atoms with Crippen LogP contribution in [0.3, 0.4) is 0 Å². The van der Waals surface area contributed by atoms with Crippen molar-refractivity contribution in [3.05, 3.63) is 88.7 Å². The van der Waals surface area contributed by atoms with Gasteiger partial charge in [0.2, 0.25) is 5.91 Å². The fourth-order valence-corrected chi connectivity index (χ4v) is 6.69.